The second kappa shape index (κ2) is 8.76. The largest absolute Gasteiger partial charge is 0.379 e. The van der Waals surface area contributed by atoms with Crippen molar-refractivity contribution in [3.05, 3.63) is 65.7 Å². The highest BCUT2D eigenvalue weighted by molar-refractivity contribution is 5.57. The van der Waals surface area contributed by atoms with Crippen molar-refractivity contribution in [2.45, 2.75) is 19.5 Å². The molecule has 2 aromatic carbocycles. The summed E-state index contributed by atoms with van der Waals surface area (Å²) in [6.07, 6.45) is 0. The van der Waals surface area contributed by atoms with E-state index in [0.717, 1.165) is 43.6 Å². The van der Waals surface area contributed by atoms with Crippen molar-refractivity contribution >= 4 is 5.95 Å². The predicted molar refractivity (Wildman–Crippen MR) is 116 cm³/mol. The van der Waals surface area contributed by atoms with Gasteiger partial charge >= 0.3 is 0 Å². The van der Waals surface area contributed by atoms with Crippen molar-refractivity contribution < 1.29 is 4.74 Å². The van der Waals surface area contributed by atoms with E-state index in [9.17, 15) is 0 Å². The van der Waals surface area contributed by atoms with Crippen LogP contribution in [0, 0.1) is 0 Å². The van der Waals surface area contributed by atoms with E-state index < -0.39 is 0 Å². The Morgan fingerprint density at radius 1 is 1.00 bits per heavy atom. The van der Waals surface area contributed by atoms with Crippen molar-refractivity contribution in [3.63, 3.8) is 0 Å². The molecule has 6 heteroatoms. The summed E-state index contributed by atoms with van der Waals surface area (Å²) < 4.78 is 7.44. The van der Waals surface area contributed by atoms with Crippen LogP contribution in [-0.2, 0) is 11.3 Å². The summed E-state index contributed by atoms with van der Waals surface area (Å²) in [5, 5.41) is 4.80. The Bertz CT molecular complexity index is 914. The highest BCUT2D eigenvalue weighted by Gasteiger charge is 2.19. The molecule has 3 aromatic rings. The fourth-order valence-corrected chi connectivity index (χ4v) is 3.74. The van der Waals surface area contributed by atoms with Crippen LogP contribution in [0.25, 0.3) is 11.4 Å². The topological polar surface area (TPSA) is 46.4 Å². The van der Waals surface area contributed by atoms with Gasteiger partial charge < -0.3 is 9.64 Å². The average Bonchev–Trinajstić information content (AvgIpc) is 3.19. The molecule has 1 aliphatic rings. The summed E-state index contributed by atoms with van der Waals surface area (Å²) in [5.41, 5.74) is 3.56. The lowest BCUT2D eigenvalue weighted by Gasteiger charge is -2.32. The van der Waals surface area contributed by atoms with Gasteiger partial charge in [-0.05, 0) is 18.1 Å². The van der Waals surface area contributed by atoms with Gasteiger partial charge in [0.1, 0.15) is 0 Å². The number of aromatic nitrogens is 3. The number of anilines is 1. The van der Waals surface area contributed by atoms with Gasteiger partial charge in [-0.25, -0.2) is 4.68 Å². The number of benzene rings is 2. The van der Waals surface area contributed by atoms with Gasteiger partial charge in [0.15, 0.2) is 5.82 Å². The van der Waals surface area contributed by atoms with Gasteiger partial charge in [-0.3, -0.25) is 4.90 Å². The minimum Gasteiger partial charge on any atom is -0.379 e. The van der Waals surface area contributed by atoms with Crippen molar-refractivity contribution in [3.8, 4) is 11.4 Å². The first kappa shape index (κ1) is 19.6. The van der Waals surface area contributed by atoms with Crippen LogP contribution in [0.3, 0.4) is 0 Å². The van der Waals surface area contributed by atoms with Crippen molar-refractivity contribution in [2.24, 2.45) is 0 Å². The van der Waals surface area contributed by atoms with Gasteiger partial charge in [0.05, 0.1) is 19.8 Å². The minimum absolute atomic E-state index is 0.383. The van der Waals surface area contributed by atoms with Crippen LogP contribution in [0.1, 0.15) is 24.1 Å². The number of nitrogens with zero attached hydrogens (tertiary/aromatic N) is 5. The van der Waals surface area contributed by atoms with Crippen molar-refractivity contribution in [1.82, 2.24) is 19.7 Å². The van der Waals surface area contributed by atoms with Gasteiger partial charge in [0.2, 0.25) is 5.95 Å². The van der Waals surface area contributed by atoms with Crippen LogP contribution >= 0.6 is 0 Å². The summed E-state index contributed by atoms with van der Waals surface area (Å²) in [7, 11) is 4.00. The fourth-order valence-electron chi connectivity index (χ4n) is 3.74. The molecule has 0 bridgehead atoms. The van der Waals surface area contributed by atoms with Gasteiger partial charge in [-0.15, -0.1) is 5.10 Å². The Morgan fingerprint density at radius 3 is 2.34 bits per heavy atom. The first-order valence-corrected chi connectivity index (χ1v) is 10.2. The highest BCUT2D eigenvalue weighted by atomic mass is 16.5. The molecule has 0 spiro atoms. The molecule has 4 rings (SSSR count). The molecule has 1 atom stereocenters. The molecule has 2 heterocycles. The van der Waals surface area contributed by atoms with E-state index in [4.69, 9.17) is 14.8 Å². The first-order chi connectivity index (χ1) is 14.1. The molecule has 0 aliphatic carbocycles. The normalized spacial score (nSPS) is 16.0. The molecule has 1 unspecified atom stereocenters. The third-order valence-corrected chi connectivity index (χ3v) is 5.47. The molecule has 1 saturated heterocycles. The molecule has 0 saturated carbocycles. The quantitative estimate of drug-likeness (QED) is 0.644. The number of ether oxygens (including phenoxy) is 1. The number of morpholine rings is 1. The molecule has 0 radical (unpaired) electrons. The molecular weight excluding hydrogens is 362 g/mol. The first-order valence-electron chi connectivity index (χ1n) is 10.2. The standard InChI is InChI=1S/C23H29N5O/c1-18(27-13-15-29-16-14-27)20-9-11-21(12-10-20)22-24-23(26(2)3)28(25-22)17-19-7-5-4-6-8-19/h4-12,18H,13-17H2,1-3H3. The van der Waals surface area contributed by atoms with E-state index in [1.807, 2.05) is 29.7 Å². The molecule has 1 aliphatic heterocycles. The van der Waals surface area contributed by atoms with Crippen LogP contribution in [-0.4, -0.2) is 60.1 Å². The number of rotatable bonds is 6. The molecule has 1 aromatic heterocycles. The number of hydrogen-bond donors (Lipinski definition) is 0. The molecule has 1 fully saturated rings. The van der Waals surface area contributed by atoms with Gasteiger partial charge in [0.25, 0.3) is 0 Å². The lowest BCUT2D eigenvalue weighted by atomic mass is 10.0. The monoisotopic (exact) mass is 391 g/mol. The van der Waals surface area contributed by atoms with Crippen molar-refractivity contribution in [1.29, 1.82) is 0 Å². The Hall–Kier alpha value is -2.70. The maximum absolute atomic E-state index is 5.47. The Balaban J connectivity index is 1.55. The molecule has 152 valence electrons. The fraction of sp³-hybridized carbons (Fsp3) is 0.391. The maximum Gasteiger partial charge on any atom is 0.224 e. The van der Waals surface area contributed by atoms with Crippen LogP contribution in [0.5, 0.6) is 0 Å². The zero-order valence-electron chi connectivity index (χ0n) is 17.5. The second-order valence-corrected chi connectivity index (χ2v) is 7.72. The Morgan fingerprint density at radius 2 is 1.69 bits per heavy atom. The van der Waals surface area contributed by atoms with Gasteiger partial charge in [0, 0.05) is 38.8 Å². The summed E-state index contributed by atoms with van der Waals surface area (Å²) >= 11 is 0. The summed E-state index contributed by atoms with van der Waals surface area (Å²) in [4.78, 5) is 9.27. The van der Waals surface area contributed by atoms with E-state index >= 15 is 0 Å². The molecule has 29 heavy (non-hydrogen) atoms. The predicted octanol–water partition coefficient (Wildman–Crippen LogP) is 3.45. The summed E-state index contributed by atoms with van der Waals surface area (Å²) in [6.45, 7) is 6.57. The van der Waals surface area contributed by atoms with E-state index in [1.165, 1.54) is 11.1 Å². The highest BCUT2D eigenvalue weighted by Crippen LogP contribution is 2.25. The zero-order chi connectivity index (χ0) is 20.2. The van der Waals surface area contributed by atoms with Gasteiger partial charge in [-0.1, -0.05) is 54.6 Å². The SMILES string of the molecule is CC(c1ccc(-c2nc(N(C)C)n(Cc3ccccc3)n2)cc1)N1CCOCC1. The molecule has 0 amide bonds. The Labute approximate surface area is 172 Å². The van der Waals surface area contributed by atoms with Crippen molar-refractivity contribution in [2.75, 3.05) is 45.3 Å². The van der Waals surface area contributed by atoms with Crippen LogP contribution in [0.2, 0.25) is 0 Å². The zero-order valence-corrected chi connectivity index (χ0v) is 17.5. The molecular formula is C23H29N5O. The third kappa shape index (κ3) is 4.49. The Kier molecular flexibility index (Phi) is 5.92. The lowest BCUT2D eigenvalue weighted by molar-refractivity contribution is 0.0198. The second-order valence-electron chi connectivity index (χ2n) is 7.72. The van der Waals surface area contributed by atoms with Crippen LogP contribution in [0.15, 0.2) is 54.6 Å². The minimum atomic E-state index is 0.383. The maximum atomic E-state index is 5.47. The summed E-state index contributed by atoms with van der Waals surface area (Å²) in [6, 6.07) is 19.4. The molecule has 6 nitrogen and oxygen atoms in total. The van der Waals surface area contributed by atoms with E-state index in [0.29, 0.717) is 12.6 Å². The molecule has 0 N–H and O–H groups in total. The number of hydrogen-bond acceptors (Lipinski definition) is 5. The van der Waals surface area contributed by atoms with E-state index in [2.05, 4.69) is 60.4 Å². The van der Waals surface area contributed by atoms with Crippen LogP contribution < -0.4 is 4.90 Å². The van der Waals surface area contributed by atoms with E-state index in [-0.39, 0.29) is 0 Å². The van der Waals surface area contributed by atoms with E-state index in [1.54, 1.807) is 0 Å². The summed E-state index contributed by atoms with van der Waals surface area (Å²) in [5.74, 6) is 1.62. The van der Waals surface area contributed by atoms with Gasteiger partial charge in [-0.2, -0.15) is 4.98 Å². The third-order valence-electron chi connectivity index (χ3n) is 5.47. The lowest BCUT2D eigenvalue weighted by Crippen LogP contribution is -2.37. The smallest absolute Gasteiger partial charge is 0.224 e. The average molecular weight is 392 g/mol. The van der Waals surface area contributed by atoms with Crippen LogP contribution in [0.4, 0.5) is 5.95 Å².